The summed E-state index contributed by atoms with van der Waals surface area (Å²) in [7, 11) is 0. The van der Waals surface area contributed by atoms with E-state index in [9.17, 15) is 14.4 Å². The summed E-state index contributed by atoms with van der Waals surface area (Å²) in [5.74, 6) is -1.09. The number of carbonyl (C=O) groups excluding carboxylic acids is 3. The number of carbonyl (C=O) groups is 3. The number of nitrogens with zero attached hydrogens (tertiary/aromatic N) is 1. The average Bonchev–Trinajstić information content (AvgIpc) is 3.38. The molecule has 0 saturated carbocycles. The maximum Gasteiger partial charge on any atom is 0.355 e. The van der Waals surface area contributed by atoms with Crippen molar-refractivity contribution in [3.05, 3.63) is 40.7 Å². The number of esters is 2. The van der Waals surface area contributed by atoms with Crippen LogP contribution in [0.2, 0.25) is 0 Å². The number of hydrogen-bond acceptors (Lipinski definition) is 9. The third-order valence-corrected chi connectivity index (χ3v) is 5.75. The number of benzene rings is 1. The summed E-state index contributed by atoms with van der Waals surface area (Å²) in [6.45, 7) is 3.39. The lowest BCUT2D eigenvalue weighted by molar-refractivity contribution is -0.205. The lowest BCUT2D eigenvalue weighted by Crippen LogP contribution is -2.58. The lowest BCUT2D eigenvalue weighted by Gasteiger charge is -2.45. The molecule has 9 nitrogen and oxygen atoms in total. The van der Waals surface area contributed by atoms with Crippen molar-refractivity contribution in [3.8, 4) is 11.5 Å². The highest BCUT2D eigenvalue weighted by atomic mass is 16.7. The zero-order chi connectivity index (χ0) is 21.8. The number of rotatable bonds is 4. The average molecular weight is 427 g/mol. The Hall–Kier alpha value is -3.33. The lowest BCUT2D eigenvalue weighted by atomic mass is 9.87. The molecule has 162 valence electrons. The van der Waals surface area contributed by atoms with Crippen molar-refractivity contribution in [2.75, 3.05) is 20.0 Å². The van der Waals surface area contributed by atoms with Gasteiger partial charge in [0.05, 0.1) is 18.8 Å². The maximum absolute atomic E-state index is 13.2. The molecule has 1 aliphatic carbocycles. The highest BCUT2D eigenvalue weighted by Gasteiger charge is 2.63. The molecule has 0 N–H and O–H groups in total. The molecule has 0 fully saturated rings. The second-order valence-electron chi connectivity index (χ2n) is 7.39. The van der Waals surface area contributed by atoms with Crippen LogP contribution in [0.5, 0.6) is 11.5 Å². The fraction of sp³-hybridized carbons (Fsp3) is 0.409. The van der Waals surface area contributed by atoms with Crippen LogP contribution in [0, 0.1) is 0 Å². The molecule has 1 aromatic rings. The first-order chi connectivity index (χ1) is 15.0. The summed E-state index contributed by atoms with van der Waals surface area (Å²) in [5.41, 5.74) is -0.262. The number of ketones is 1. The molecular weight excluding hydrogens is 406 g/mol. The van der Waals surface area contributed by atoms with Gasteiger partial charge in [0.1, 0.15) is 0 Å². The van der Waals surface area contributed by atoms with Crippen LogP contribution in [0.4, 0.5) is 0 Å². The van der Waals surface area contributed by atoms with Crippen LogP contribution in [-0.4, -0.2) is 48.2 Å². The van der Waals surface area contributed by atoms with Crippen LogP contribution < -0.4 is 9.47 Å². The third kappa shape index (κ3) is 2.69. The summed E-state index contributed by atoms with van der Waals surface area (Å²) in [6, 6.07) is 3.58. The molecule has 0 amide bonds. The molecule has 0 unspecified atom stereocenters. The van der Waals surface area contributed by atoms with Crippen LogP contribution >= 0.6 is 0 Å². The molecule has 3 heterocycles. The van der Waals surface area contributed by atoms with Crippen LogP contribution in [0.3, 0.4) is 0 Å². The van der Waals surface area contributed by atoms with E-state index in [1.54, 1.807) is 31.0 Å². The number of hydrogen-bond donors (Lipinski definition) is 0. The Morgan fingerprint density at radius 3 is 2.45 bits per heavy atom. The van der Waals surface area contributed by atoms with E-state index in [0.29, 0.717) is 29.2 Å². The molecule has 0 radical (unpaired) electrons. The van der Waals surface area contributed by atoms with E-state index >= 15 is 0 Å². The second kappa shape index (κ2) is 7.12. The van der Waals surface area contributed by atoms with Gasteiger partial charge < -0.3 is 28.6 Å². The highest BCUT2D eigenvalue weighted by molar-refractivity contribution is 6.18. The molecule has 9 heteroatoms. The predicted octanol–water partition coefficient (Wildman–Crippen LogP) is 2.21. The fourth-order valence-corrected chi connectivity index (χ4v) is 4.45. The first-order valence-electron chi connectivity index (χ1n) is 10.2. The van der Waals surface area contributed by atoms with Gasteiger partial charge in [0, 0.05) is 23.9 Å². The quantitative estimate of drug-likeness (QED) is 0.529. The molecule has 0 saturated heterocycles. The van der Waals surface area contributed by atoms with Gasteiger partial charge in [0.25, 0.3) is 5.60 Å². The van der Waals surface area contributed by atoms with E-state index in [1.165, 1.54) is 0 Å². The largest absolute Gasteiger partial charge is 0.463 e. The van der Waals surface area contributed by atoms with Crippen molar-refractivity contribution in [1.29, 1.82) is 0 Å². The molecule has 1 atom stereocenters. The van der Waals surface area contributed by atoms with Crippen molar-refractivity contribution in [3.63, 3.8) is 0 Å². The molecule has 0 spiro atoms. The Kier molecular flexibility index (Phi) is 4.51. The van der Waals surface area contributed by atoms with Gasteiger partial charge in [-0.15, -0.1) is 0 Å². The third-order valence-electron chi connectivity index (χ3n) is 5.75. The van der Waals surface area contributed by atoms with E-state index in [1.807, 2.05) is 12.1 Å². The van der Waals surface area contributed by atoms with Gasteiger partial charge in [-0.2, -0.15) is 0 Å². The van der Waals surface area contributed by atoms with Gasteiger partial charge in [-0.05, 0) is 44.0 Å². The van der Waals surface area contributed by atoms with Crippen molar-refractivity contribution in [2.24, 2.45) is 0 Å². The second-order valence-corrected chi connectivity index (χ2v) is 7.39. The Morgan fingerprint density at radius 2 is 1.77 bits per heavy atom. The summed E-state index contributed by atoms with van der Waals surface area (Å²) < 4.78 is 27.6. The molecular formula is C22H21NO8. The van der Waals surface area contributed by atoms with E-state index in [-0.39, 0.29) is 37.8 Å². The summed E-state index contributed by atoms with van der Waals surface area (Å²) >= 11 is 0. The van der Waals surface area contributed by atoms with Gasteiger partial charge in [-0.3, -0.25) is 4.79 Å². The predicted molar refractivity (Wildman–Crippen MR) is 105 cm³/mol. The highest BCUT2D eigenvalue weighted by Crippen LogP contribution is 2.51. The minimum Gasteiger partial charge on any atom is -0.463 e. The molecule has 0 bridgehead atoms. The van der Waals surface area contributed by atoms with Crippen LogP contribution in [0.25, 0.3) is 6.08 Å². The topological polar surface area (TPSA) is 101 Å². The van der Waals surface area contributed by atoms with Crippen LogP contribution in [-0.2, 0) is 28.6 Å². The van der Waals surface area contributed by atoms with Gasteiger partial charge >= 0.3 is 11.9 Å². The first kappa shape index (κ1) is 19.6. The molecule has 1 aromatic carbocycles. The van der Waals surface area contributed by atoms with E-state index in [2.05, 4.69) is 0 Å². The van der Waals surface area contributed by atoms with Crippen LogP contribution in [0.1, 0.15) is 44.0 Å². The van der Waals surface area contributed by atoms with Gasteiger partial charge in [-0.1, -0.05) is 0 Å². The van der Waals surface area contributed by atoms with Gasteiger partial charge in [0.15, 0.2) is 23.5 Å². The normalized spacial score (nSPS) is 22.1. The minimum absolute atomic E-state index is 0.00510. The van der Waals surface area contributed by atoms with Crippen LogP contribution in [0.15, 0.2) is 29.6 Å². The molecule has 3 aliphatic heterocycles. The molecule has 4 aliphatic rings. The van der Waals surface area contributed by atoms with E-state index in [0.717, 1.165) is 5.56 Å². The van der Waals surface area contributed by atoms with Gasteiger partial charge in [-0.25, -0.2) is 9.59 Å². The van der Waals surface area contributed by atoms with Crippen molar-refractivity contribution >= 4 is 23.8 Å². The smallest absolute Gasteiger partial charge is 0.355 e. The first-order valence-corrected chi connectivity index (χ1v) is 10.2. The van der Waals surface area contributed by atoms with Crippen molar-refractivity contribution in [2.45, 2.75) is 38.5 Å². The Labute approximate surface area is 178 Å². The molecule has 0 aromatic heterocycles. The monoisotopic (exact) mass is 427 g/mol. The molecule has 31 heavy (non-hydrogen) atoms. The molecule has 5 rings (SSSR count). The van der Waals surface area contributed by atoms with Crippen molar-refractivity contribution in [1.82, 2.24) is 4.90 Å². The number of Topliss-reactive ketones (excluding diaryl/α,β-unsaturated/α-hetero) is 1. The Balaban J connectivity index is 1.71. The standard InChI is InChI=1S/C22H21NO8/c1-3-27-20(25)22(21(26)28-4-2)18-14(5-6-15(18)24)23-8-7-12-9-16-17(30-11-29-16)10-13(12)19(23)31-22/h7-10,19H,3-6,11H2,1-2H3/t19-/m1/s1. The van der Waals surface area contributed by atoms with E-state index < -0.39 is 23.8 Å². The Bertz CT molecular complexity index is 1040. The maximum atomic E-state index is 13.2. The zero-order valence-corrected chi connectivity index (χ0v) is 17.1. The fourth-order valence-electron chi connectivity index (χ4n) is 4.45. The van der Waals surface area contributed by atoms with E-state index in [4.69, 9.17) is 23.7 Å². The minimum atomic E-state index is -2.28. The zero-order valence-electron chi connectivity index (χ0n) is 17.1. The Morgan fingerprint density at radius 1 is 1.10 bits per heavy atom. The number of allylic oxidation sites excluding steroid dienone is 1. The van der Waals surface area contributed by atoms with Gasteiger partial charge in [0.2, 0.25) is 6.79 Å². The SMILES string of the molecule is CCOC(=O)C1(C(=O)OCC)O[C@@H]2c3cc4c(cc3C=CN2C2=C1C(=O)CC2)OCO4. The number of ether oxygens (including phenoxy) is 5. The summed E-state index contributed by atoms with van der Waals surface area (Å²) in [6.07, 6.45) is 3.33. The summed E-state index contributed by atoms with van der Waals surface area (Å²) in [5, 5.41) is 0. The van der Waals surface area contributed by atoms with Crippen molar-refractivity contribution < 1.29 is 38.1 Å². The number of fused-ring (bicyclic) bond motifs is 5. The summed E-state index contributed by atoms with van der Waals surface area (Å²) in [4.78, 5) is 41.0.